The fourth-order valence-corrected chi connectivity index (χ4v) is 2.79. The summed E-state index contributed by atoms with van der Waals surface area (Å²) in [7, 11) is 0. The van der Waals surface area contributed by atoms with Crippen molar-refractivity contribution in [3.8, 4) is 5.75 Å². The van der Waals surface area contributed by atoms with E-state index in [0.717, 1.165) is 13.8 Å². The van der Waals surface area contributed by atoms with Gasteiger partial charge in [0, 0.05) is 4.47 Å². The summed E-state index contributed by atoms with van der Waals surface area (Å²) in [5.41, 5.74) is 1.18. The molecule has 2 aromatic carbocycles. The van der Waals surface area contributed by atoms with Crippen LogP contribution >= 0.6 is 38.5 Å². The Bertz CT molecular complexity index is 471. The number of ether oxygens (including phenoxy) is 1. The van der Waals surface area contributed by atoms with Crippen molar-refractivity contribution in [2.45, 2.75) is 6.61 Å². The van der Waals surface area contributed by atoms with Crippen LogP contribution in [0.15, 0.2) is 53.0 Å². The molecular formula is C13H10BrIO. The monoisotopic (exact) mass is 388 g/mol. The van der Waals surface area contributed by atoms with Gasteiger partial charge in [0.15, 0.2) is 0 Å². The van der Waals surface area contributed by atoms with E-state index in [9.17, 15) is 0 Å². The standard InChI is InChI=1S/C13H10BrIO/c14-11-6-7-13(12(15)8-11)16-9-10-4-2-1-3-5-10/h1-8H,9H2. The van der Waals surface area contributed by atoms with Crippen molar-refractivity contribution in [1.29, 1.82) is 0 Å². The third-order valence-corrected chi connectivity index (χ3v) is 3.47. The zero-order valence-electron chi connectivity index (χ0n) is 8.49. The summed E-state index contributed by atoms with van der Waals surface area (Å²) >= 11 is 5.71. The van der Waals surface area contributed by atoms with E-state index in [1.165, 1.54) is 5.56 Å². The lowest BCUT2D eigenvalue weighted by Crippen LogP contribution is -1.96. The summed E-state index contributed by atoms with van der Waals surface area (Å²) in [6, 6.07) is 16.2. The van der Waals surface area contributed by atoms with E-state index in [-0.39, 0.29) is 0 Å². The normalized spacial score (nSPS) is 10.1. The molecule has 2 aromatic rings. The molecule has 0 bridgehead atoms. The van der Waals surface area contributed by atoms with Crippen LogP contribution in [0.3, 0.4) is 0 Å². The van der Waals surface area contributed by atoms with Crippen LogP contribution in [0, 0.1) is 3.57 Å². The third-order valence-electron chi connectivity index (χ3n) is 2.13. The maximum Gasteiger partial charge on any atom is 0.133 e. The first-order valence-electron chi connectivity index (χ1n) is 4.87. The van der Waals surface area contributed by atoms with Crippen LogP contribution in [0.1, 0.15) is 5.56 Å². The Morgan fingerprint density at radius 1 is 1.06 bits per heavy atom. The summed E-state index contributed by atoms with van der Waals surface area (Å²) in [6.07, 6.45) is 0. The SMILES string of the molecule is Brc1ccc(OCc2ccccc2)c(I)c1. The zero-order chi connectivity index (χ0) is 11.4. The van der Waals surface area contributed by atoms with Gasteiger partial charge in [0.25, 0.3) is 0 Å². The molecule has 0 aromatic heterocycles. The smallest absolute Gasteiger partial charge is 0.133 e. The Kier molecular flexibility index (Phi) is 4.23. The van der Waals surface area contributed by atoms with Crippen LogP contribution in [-0.2, 0) is 6.61 Å². The number of hydrogen-bond acceptors (Lipinski definition) is 1. The molecule has 1 nitrogen and oxygen atoms in total. The zero-order valence-corrected chi connectivity index (χ0v) is 12.2. The van der Waals surface area contributed by atoms with Crippen LogP contribution in [0.25, 0.3) is 0 Å². The first kappa shape index (κ1) is 11.9. The molecular weight excluding hydrogens is 379 g/mol. The molecule has 3 heteroatoms. The quantitative estimate of drug-likeness (QED) is 0.696. The third kappa shape index (κ3) is 3.22. The van der Waals surface area contributed by atoms with Gasteiger partial charge in [-0.05, 0) is 46.4 Å². The summed E-state index contributed by atoms with van der Waals surface area (Å²) in [6.45, 7) is 0.610. The minimum Gasteiger partial charge on any atom is -0.488 e. The van der Waals surface area contributed by atoms with Crippen molar-refractivity contribution in [3.63, 3.8) is 0 Å². The maximum atomic E-state index is 5.75. The minimum atomic E-state index is 0.610. The van der Waals surface area contributed by atoms with Gasteiger partial charge in [-0.3, -0.25) is 0 Å². The van der Waals surface area contributed by atoms with E-state index in [4.69, 9.17) is 4.74 Å². The van der Waals surface area contributed by atoms with Gasteiger partial charge in [0.05, 0.1) is 3.57 Å². The van der Waals surface area contributed by atoms with Crippen LogP contribution in [0.4, 0.5) is 0 Å². The molecule has 16 heavy (non-hydrogen) atoms. The Balaban J connectivity index is 2.05. The molecule has 0 aliphatic heterocycles. The predicted molar refractivity (Wildman–Crippen MR) is 77.6 cm³/mol. The topological polar surface area (TPSA) is 9.23 Å². The molecule has 0 fully saturated rings. The van der Waals surface area contributed by atoms with Crippen molar-refractivity contribution in [1.82, 2.24) is 0 Å². The Labute approximate surface area is 117 Å². The molecule has 0 saturated carbocycles. The predicted octanol–water partition coefficient (Wildman–Crippen LogP) is 4.63. The lowest BCUT2D eigenvalue weighted by atomic mass is 10.2. The highest BCUT2D eigenvalue weighted by Crippen LogP contribution is 2.25. The van der Waals surface area contributed by atoms with Gasteiger partial charge in [-0.2, -0.15) is 0 Å². The fraction of sp³-hybridized carbons (Fsp3) is 0.0769. The van der Waals surface area contributed by atoms with Crippen LogP contribution < -0.4 is 4.74 Å². The number of rotatable bonds is 3. The Morgan fingerprint density at radius 3 is 2.50 bits per heavy atom. The molecule has 0 heterocycles. The molecule has 2 rings (SSSR count). The molecule has 0 radical (unpaired) electrons. The Hall–Kier alpha value is -0.550. The van der Waals surface area contributed by atoms with Gasteiger partial charge >= 0.3 is 0 Å². The average molecular weight is 389 g/mol. The van der Waals surface area contributed by atoms with E-state index < -0.39 is 0 Å². The first-order valence-corrected chi connectivity index (χ1v) is 6.74. The van der Waals surface area contributed by atoms with Crippen molar-refractivity contribution in [2.24, 2.45) is 0 Å². The van der Waals surface area contributed by atoms with Gasteiger partial charge in [0.1, 0.15) is 12.4 Å². The maximum absolute atomic E-state index is 5.75. The first-order chi connectivity index (χ1) is 7.75. The Morgan fingerprint density at radius 2 is 1.81 bits per heavy atom. The number of halogens is 2. The van der Waals surface area contributed by atoms with E-state index in [2.05, 4.69) is 50.7 Å². The van der Waals surface area contributed by atoms with E-state index in [0.29, 0.717) is 6.61 Å². The highest BCUT2D eigenvalue weighted by atomic mass is 127. The summed E-state index contributed by atoms with van der Waals surface area (Å²) < 4.78 is 7.94. The molecule has 0 N–H and O–H groups in total. The fourth-order valence-electron chi connectivity index (χ4n) is 1.33. The highest BCUT2D eigenvalue weighted by Gasteiger charge is 2.01. The minimum absolute atomic E-state index is 0.610. The summed E-state index contributed by atoms with van der Waals surface area (Å²) in [5.74, 6) is 0.924. The van der Waals surface area contributed by atoms with Crippen molar-refractivity contribution < 1.29 is 4.74 Å². The second kappa shape index (κ2) is 5.68. The summed E-state index contributed by atoms with van der Waals surface area (Å²) in [4.78, 5) is 0. The molecule has 82 valence electrons. The van der Waals surface area contributed by atoms with Crippen LogP contribution in [0.2, 0.25) is 0 Å². The molecule has 0 aliphatic rings. The number of benzene rings is 2. The second-order valence-electron chi connectivity index (χ2n) is 3.35. The molecule has 0 spiro atoms. The lowest BCUT2D eigenvalue weighted by Gasteiger charge is -2.08. The van der Waals surface area contributed by atoms with Gasteiger partial charge in [-0.1, -0.05) is 46.3 Å². The molecule has 0 amide bonds. The van der Waals surface area contributed by atoms with E-state index in [1.807, 2.05) is 36.4 Å². The van der Waals surface area contributed by atoms with E-state index in [1.54, 1.807) is 0 Å². The summed E-state index contributed by atoms with van der Waals surface area (Å²) in [5, 5.41) is 0. The van der Waals surface area contributed by atoms with Crippen LogP contribution in [-0.4, -0.2) is 0 Å². The highest BCUT2D eigenvalue weighted by molar-refractivity contribution is 14.1. The van der Waals surface area contributed by atoms with Crippen LogP contribution in [0.5, 0.6) is 5.75 Å². The largest absolute Gasteiger partial charge is 0.488 e. The molecule has 0 aliphatic carbocycles. The van der Waals surface area contributed by atoms with Crippen molar-refractivity contribution in [3.05, 3.63) is 62.1 Å². The number of hydrogen-bond donors (Lipinski definition) is 0. The van der Waals surface area contributed by atoms with Gasteiger partial charge in [0.2, 0.25) is 0 Å². The van der Waals surface area contributed by atoms with Crippen molar-refractivity contribution >= 4 is 38.5 Å². The van der Waals surface area contributed by atoms with E-state index >= 15 is 0 Å². The van der Waals surface area contributed by atoms with Crippen molar-refractivity contribution in [2.75, 3.05) is 0 Å². The van der Waals surface area contributed by atoms with Gasteiger partial charge < -0.3 is 4.74 Å². The molecule has 0 saturated heterocycles. The van der Waals surface area contributed by atoms with Gasteiger partial charge in [-0.25, -0.2) is 0 Å². The molecule has 0 unspecified atom stereocenters. The average Bonchev–Trinajstić information content (AvgIpc) is 2.29. The lowest BCUT2D eigenvalue weighted by molar-refractivity contribution is 0.304. The molecule has 0 atom stereocenters. The second-order valence-corrected chi connectivity index (χ2v) is 5.43. The van der Waals surface area contributed by atoms with Gasteiger partial charge in [-0.15, -0.1) is 0 Å².